The Bertz CT molecular complexity index is 685. The van der Waals surface area contributed by atoms with Crippen LogP contribution in [0.15, 0.2) is 17.0 Å². The van der Waals surface area contributed by atoms with E-state index in [0.29, 0.717) is 0 Å². The first-order chi connectivity index (χ1) is 9.66. The summed E-state index contributed by atoms with van der Waals surface area (Å²) in [5, 5.41) is 9.81. The van der Waals surface area contributed by atoms with Crippen molar-refractivity contribution in [1.82, 2.24) is 5.32 Å². The number of carbonyl (C=O) groups is 2. The molecule has 0 saturated heterocycles. The molecule has 1 amide bonds. The Balaban J connectivity index is 3.63. The molecule has 7 nitrogen and oxygen atoms in total. The Morgan fingerprint density at radius 3 is 2.38 bits per heavy atom. The summed E-state index contributed by atoms with van der Waals surface area (Å²) < 4.78 is 29.8. The number of aromatic carboxylic acids is 1. The van der Waals surface area contributed by atoms with Crippen LogP contribution in [-0.4, -0.2) is 44.8 Å². The molecule has 1 unspecified atom stereocenters. The molecular formula is C12H14ClNO6S. The maximum Gasteiger partial charge on any atom is 0.339 e. The predicted octanol–water partition coefficient (Wildman–Crippen LogP) is 0.955. The molecule has 0 radical (unpaired) electrons. The van der Waals surface area contributed by atoms with Crippen LogP contribution in [0.5, 0.6) is 5.75 Å². The molecule has 0 bridgehead atoms. The molecule has 0 aromatic heterocycles. The number of sulfone groups is 1. The van der Waals surface area contributed by atoms with E-state index in [1.54, 1.807) is 0 Å². The van der Waals surface area contributed by atoms with Gasteiger partial charge >= 0.3 is 5.97 Å². The number of amides is 1. The Hall–Kier alpha value is -1.80. The van der Waals surface area contributed by atoms with Gasteiger partial charge in [0.15, 0.2) is 15.6 Å². The summed E-state index contributed by atoms with van der Waals surface area (Å²) in [6, 6.07) is 2.13. The predicted molar refractivity (Wildman–Crippen MR) is 75.7 cm³/mol. The first-order valence-electron chi connectivity index (χ1n) is 5.73. The summed E-state index contributed by atoms with van der Waals surface area (Å²) >= 11 is 5.76. The van der Waals surface area contributed by atoms with Crippen LogP contribution in [-0.2, 0) is 14.6 Å². The number of methoxy groups -OCH3 is 1. The van der Waals surface area contributed by atoms with Crippen LogP contribution >= 0.6 is 11.6 Å². The average Bonchev–Trinajstić information content (AvgIpc) is 2.44. The third-order valence-corrected chi connectivity index (χ3v) is 5.12. The molecule has 0 saturated carbocycles. The highest BCUT2D eigenvalue weighted by atomic mass is 35.5. The molecule has 1 atom stereocenters. The van der Waals surface area contributed by atoms with E-state index >= 15 is 0 Å². The SMILES string of the molecule is CNC(=O)C(C)S(=O)(=O)c1cc(Cl)cc(C(=O)O)c1OC. The van der Waals surface area contributed by atoms with E-state index < -0.39 is 37.4 Å². The molecule has 1 aromatic carbocycles. The van der Waals surface area contributed by atoms with Crippen molar-refractivity contribution in [1.29, 1.82) is 0 Å². The second-order valence-corrected chi connectivity index (χ2v) is 6.76. The zero-order chi connectivity index (χ0) is 16.4. The van der Waals surface area contributed by atoms with Gasteiger partial charge in [0.2, 0.25) is 5.91 Å². The number of carbonyl (C=O) groups excluding carboxylic acids is 1. The summed E-state index contributed by atoms with van der Waals surface area (Å²) in [4.78, 5) is 22.3. The highest BCUT2D eigenvalue weighted by Gasteiger charge is 2.34. The van der Waals surface area contributed by atoms with Crippen LogP contribution in [0, 0.1) is 0 Å². The van der Waals surface area contributed by atoms with Gasteiger partial charge in [-0.3, -0.25) is 4.79 Å². The maximum atomic E-state index is 12.4. The van der Waals surface area contributed by atoms with Gasteiger partial charge in [0.1, 0.15) is 15.7 Å². The van der Waals surface area contributed by atoms with Crippen molar-refractivity contribution in [2.45, 2.75) is 17.1 Å². The first-order valence-corrected chi connectivity index (χ1v) is 7.65. The molecule has 1 aromatic rings. The van der Waals surface area contributed by atoms with E-state index in [4.69, 9.17) is 21.4 Å². The molecule has 21 heavy (non-hydrogen) atoms. The number of hydrogen-bond acceptors (Lipinski definition) is 5. The van der Waals surface area contributed by atoms with Gasteiger partial charge in [0.05, 0.1) is 7.11 Å². The fourth-order valence-corrected chi connectivity index (χ4v) is 3.49. The van der Waals surface area contributed by atoms with Gasteiger partial charge < -0.3 is 15.2 Å². The van der Waals surface area contributed by atoms with Gasteiger partial charge in [-0.05, 0) is 19.1 Å². The lowest BCUT2D eigenvalue weighted by molar-refractivity contribution is -0.119. The summed E-state index contributed by atoms with van der Waals surface area (Å²) in [5.74, 6) is -2.48. The molecule has 9 heteroatoms. The Morgan fingerprint density at radius 1 is 1.38 bits per heavy atom. The van der Waals surface area contributed by atoms with E-state index in [0.717, 1.165) is 19.2 Å². The van der Waals surface area contributed by atoms with Crippen molar-refractivity contribution in [2.24, 2.45) is 0 Å². The van der Waals surface area contributed by atoms with Crippen LogP contribution in [0.4, 0.5) is 0 Å². The van der Waals surface area contributed by atoms with E-state index in [9.17, 15) is 18.0 Å². The topological polar surface area (TPSA) is 110 Å². The summed E-state index contributed by atoms with van der Waals surface area (Å²) in [6.45, 7) is 1.19. The summed E-state index contributed by atoms with van der Waals surface area (Å²) in [7, 11) is -1.72. The van der Waals surface area contributed by atoms with Crippen molar-refractivity contribution < 1.29 is 27.9 Å². The molecule has 2 N–H and O–H groups in total. The van der Waals surface area contributed by atoms with Gasteiger partial charge in [-0.1, -0.05) is 11.6 Å². The zero-order valence-corrected chi connectivity index (χ0v) is 13.1. The number of ether oxygens (including phenoxy) is 1. The Morgan fingerprint density at radius 2 is 1.95 bits per heavy atom. The minimum absolute atomic E-state index is 0.0871. The fraction of sp³-hybridized carbons (Fsp3) is 0.333. The Labute approximate surface area is 126 Å². The molecule has 0 aliphatic heterocycles. The third kappa shape index (κ3) is 3.27. The number of carboxylic acid groups (broad SMARTS) is 1. The molecule has 0 spiro atoms. The minimum Gasteiger partial charge on any atom is -0.494 e. The number of hydrogen-bond donors (Lipinski definition) is 2. The van der Waals surface area contributed by atoms with Crippen molar-refractivity contribution in [3.63, 3.8) is 0 Å². The van der Waals surface area contributed by atoms with Crippen molar-refractivity contribution >= 4 is 33.3 Å². The van der Waals surface area contributed by atoms with Crippen molar-refractivity contribution in [2.75, 3.05) is 14.2 Å². The lowest BCUT2D eigenvalue weighted by atomic mass is 10.2. The molecule has 0 fully saturated rings. The second-order valence-electron chi connectivity index (χ2n) is 4.09. The normalized spacial score (nSPS) is 12.6. The van der Waals surface area contributed by atoms with Crippen LogP contribution in [0.1, 0.15) is 17.3 Å². The number of benzene rings is 1. The van der Waals surface area contributed by atoms with Crippen molar-refractivity contribution in [3.8, 4) is 5.75 Å². The molecule has 116 valence electrons. The number of rotatable bonds is 5. The van der Waals surface area contributed by atoms with E-state index in [2.05, 4.69) is 5.32 Å². The first kappa shape index (κ1) is 17.3. The highest BCUT2D eigenvalue weighted by Crippen LogP contribution is 2.34. The molecule has 1 rings (SSSR count). The highest BCUT2D eigenvalue weighted by molar-refractivity contribution is 7.92. The quantitative estimate of drug-likeness (QED) is 0.829. The molecule has 0 aliphatic carbocycles. The third-order valence-electron chi connectivity index (χ3n) is 2.84. The largest absolute Gasteiger partial charge is 0.494 e. The van der Waals surface area contributed by atoms with E-state index in [1.807, 2.05) is 0 Å². The second kappa shape index (κ2) is 6.31. The number of carboxylic acids is 1. The average molecular weight is 336 g/mol. The standard InChI is InChI=1S/C12H14ClNO6S/c1-6(11(15)14-2)21(18,19)9-5-7(13)4-8(12(16)17)10(9)20-3/h4-6H,1-3H3,(H,14,15)(H,16,17). The Kier molecular flexibility index (Phi) is 5.19. The van der Waals surface area contributed by atoms with Gasteiger partial charge in [-0.15, -0.1) is 0 Å². The fourth-order valence-electron chi connectivity index (χ4n) is 1.68. The number of halogens is 1. The minimum atomic E-state index is -4.16. The zero-order valence-electron chi connectivity index (χ0n) is 11.5. The molecule has 0 aliphatic rings. The maximum absolute atomic E-state index is 12.4. The van der Waals surface area contributed by atoms with Crippen LogP contribution in [0.3, 0.4) is 0 Å². The van der Waals surface area contributed by atoms with Crippen LogP contribution in [0.2, 0.25) is 5.02 Å². The monoisotopic (exact) mass is 335 g/mol. The van der Waals surface area contributed by atoms with Gasteiger partial charge in [0.25, 0.3) is 0 Å². The number of nitrogens with one attached hydrogen (secondary N) is 1. The molecular weight excluding hydrogens is 322 g/mol. The van der Waals surface area contributed by atoms with E-state index in [1.165, 1.54) is 14.0 Å². The lowest BCUT2D eigenvalue weighted by Crippen LogP contribution is -2.36. The van der Waals surface area contributed by atoms with Crippen LogP contribution in [0.25, 0.3) is 0 Å². The lowest BCUT2D eigenvalue weighted by Gasteiger charge is -2.16. The summed E-state index contributed by atoms with van der Waals surface area (Å²) in [6.07, 6.45) is 0. The van der Waals surface area contributed by atoms with Gasteiger partial charge in [0, 0.05) is 12.1 Å². The summed E-state index contributed by atoms with van der Waals surface area (Å²) in [5.41, 5.74) is -0.396. The van der Waals surface area contributed by atoms with Gasteiger partial charge in [-0.25, -0.2) is 13.2 Å². The van der Waals surface area contributed by atoms with E-state index in [-0.39, 0.29) is 10.8 Å². The van der Waals surface area contributed by atoms with Crippen molar-refractivity contribution in [3.05, 3.63) is 22.7 Å². The van der Waals surface area contributed by atoms with Gasteiger partial charge in [-0.2, -0.15) is 0 Å². The van der Waals surface area contributed by atoms with Crippen LogP contribution < -0.4 is 10.1 Å². The molecule has 0 heterocycles. The smallest absolute Gasteiger partial charge is 0.339 e.